The van der Waals surface area contributed by atoms with Crippen molar-refractivity contribution in [3.63, 3.8) is 0 Å². The minimum atomic E-state index is -0.365. The maximum atomic E-state index is 13.9. The number of nitrogens with zero attached hydrogens (tertiary/aromatic N) is 1. The van der Waals surface area contributed by atoms with Crippen molar-refractivity contribution in [1.82, 2.24) is 0 Å². The van der Waals surface area contributed by atoms with E-state index in [1.165, 1.54) is 44.6 Å². The molecule has 21 heavy (non-hydrogen) atoms. The number of piperidine rings is 1. The molecular formula is C17H25FN2O. The van der Waals surface area contributed by atoms with Crippen molar-refractivity contribution < 1.29 is 9.13 Å². The van der Waals surface area contributed by atoms with E-state index in [2.05, 4.69) is 4.90 Å². The van der Waals surface area contributed by atoms with Gasteiger partial charge < -0.3 is 15.4 Å². The molecule has 2 fully saturated rings. The SMILES string of the molecule is CCOc1cc(N2CCC[C@H]3CCCC[C@H]32)c(N)cc1F. The Morgan fingerprint density at radius 1 is 1.24 bits per heavy atom. The summed E-state index contributed by atoms with van der Waals surface area (Å²) in [5.74, 6) is 0.724. The van der Waals surface area contributed by atoms with Crippen LogP contribution in [0.25, 0.3) is 0 Å². The van der Waals surface area contributed by atoms with Crippen LogP contribution in [-0.4, -0.2) is 19.2 Å². The number of nitrogen functional groups attached to an aromatic ring is 1. The van der Waals surface area contributed by atoms with Crippen molar-refractivity contribution in [3.8, 4) is 5.75 Å². The first-order valence-electron chi connectivity index (χ1n) is 8.19. The van der Waals surface area contributed by atoms with E-state index in [1.54, 1.807) is 6.07 Å². The molecule has 1 saturated heterocycles. The average molecular weight is 292 g/mol. The molecule has 0 aromatic heterocycles. The molecule has 2 aliphatic rings. The largest absolute Gasteiger partial charge is 0.491 e. The number of rotatable bonds is 3. The van der Waals surface area contributed by atoms with Gasteiger partial charge in [-0.1, -0.05) is 12.8 Å². The van der Waals surface area contributed by atoms with Gasteiger partial charge in [-0.2, -0.15) is 0 Å². The van der Waals surface area contributed by atoms with Crippen LogP contribution >= 0.6 is 0 Å². The van der Waals surface area contributed by atoms with E-state index in [0.29, 0.717) is 24.1 Å². The van der Waals surface area contributed by atoms with Crippen LogP contribution in [-0.2, 0) is 0 Å². The molecule has 3 rings (SSSR count). The third kappa shape index (κ3) is 2.81. The minimum absolute atomic E-state index is 0.319. The number of anilines is 2. The van der Waals surface area contributed by atoms with E-state index in [9.17, 15) is 4.39 Å². The van der Waals surface area contributed by atoms with Crippen molar-refractivity contribution in [3.05, 3.63) is 17.9 Å². The van der Waals surface area contributed by atoms with Crippen molar-refractivity contribution in [2.45, 2.75) is 51.5 Å². The summed E-state index contributed by atoms with van der Waals surface area (Å²) in [6.07, 6.45) is 7.70. The molecule has 0 bridgehead atoms. The maximum absolute atomic E-state index is 13.9. The lowest BCUT2D eigenvalue weighted by molar-refractivity contribution is 0.243. The molecule has 0 amide bonds. The van der Waals surface area contributed by atoms with Gasteiger partial charge in [0.2, 0.25) is 0 Å². The second-order valence-electron chi connectivity index (χ2n) is 6.22. The number of fused-ring (bicyclic) bond motifs is 1. The maximum Gasteiger partial charge on any atom is 0.167 e. The van der Waals surface area contributed by atoms with Crippen LogP contribution in [0.15, 0.2) is 12.1 Å². The molecule has 4 heteroatoms. The standard InChI is InChI=1S/C17H25FN2O/c1-2-21-17-11-16(14(19)10-13(17)18)20-9-5-7-12-6-3-4-8-15(12)20/h10-12,15H,2-9,19H2,1H3/t12-,15-/m1/s1. The number of nitrogens with two attached hydrogens (primary N) is 1. The second-order valence-corrected chi connectivity index (χ2v) is 6.22. The summed E-state index contributed by atoms with van der Waals surface area (Å²) in [5.41, 5.74) is 7.59. The molecule has 2 atom stereocenters. The number of hydrogen-bond acceptors (Lipinski definition) is 3. The molecule has 0 unspecified atom stereocenters. The van der Waals surface area contributed by atoms with Crippen molar-refractivity contribution in [1.29, 1.82) is 0 Å². The van der Waals surface area contributed by atoms with Gasteiger partial charge in [0, 0.05) is 24.7 Å². The van der Waals surface area contributed by atoms with Crippen LogP contribution in [0.3, 0.4) is 0 Å². The predicted octanol–water partition coefficient (Wildman–Crippen LogP) is 3.97. The van der Waals surface area contributed by atoms with Gasteiger partial charge in [0.1, 0.15) is 0 Å². The molecule has 2 N–H and O–H groups in total. The highest BCUT2D eigenvalue weighted by Crippen LogP contribution is 2.41. The fourth-order valence-electron chi connectivity index (χ4n) is 4.00. The average Bonchev–Trinajstić information content (AvgIpc) is 2.50. The van der Waals surface area contributed by atoms with E-state index in [1.807, 2.05) is 6.92 Å². The molecule has 1 aromatic carbocycles. The molecule has 3 nitrogen and oxygen atoms in total. The summed E-state index contributed by atoms with van der Waals surface area (Å²) in [7, 11) is 0. The monoisotopic (exact) mass is 292 g/mol. The van der Waals surface area contributed by atoms with Gasteiger partial charge >= 0.3 is 0 Å². The lowest BCUT2D eigenvalue weighted by atomic mass is 9.78. The molecule has 1 aliphatic carbocycles. The summed E-state index contributed by atoms with van der Waals surface area (Å²) in [4.78, 5) is 2.41. The summed E-state index contributed by atoms with van der Waals surface area (Å²) >= 11 is 0. The van der Waals surface area contributed by atoms with E-state index in [-0.39, 0.29) is 5.82 Å². The van der Waals surface area contributed by atoms with E-state index < -0.39 is 0 Å². The number of hydrogen-bond donors (Lipinski definition) is 1. The molecular weight excluding hydrogens is 267 g/mol. The minimum Gasteiger partial charge on any atom is -0.491 e. The number of benzene rings is 1. The zero-order valence-corrected chi connectivity index (χ0v) is 12.8. The van der Waals surface area contributed by atoms with Crippen LogP contribution in [0.2, 0.25) is 0 Å². The first kappa shape index (κ1) is 14.5. The van der Waals surface area contributed by atoms with Gasteiger partial charge in [0.25, 0.3) is 0 Å². The third-order valence-corrected chi connectivity index (χ3v) is 4.93. The lowest BCUT2D eigenvalue weighted by Gasteiger charge is -2.45. The van der Waals surface area contributed by atoms with E-state index in [4.69, 9.17) is 10.5 Å². The molecule has 1 aliphatic heterocycles. The zero-order chi connectivity index (χ0) is 14.8. The van der Waals surface area contributed by atoms with Gasteiger partial charge in [-0.15, -0.1) is 0 Å². The van der Waals surface area contributed by atoms with Crippen molar-refractivity contribution in [2.24, 2.45) is 5.92 Å². The molecule has 1 heterocycles. The van der Waals surface area contributed by atoms with E-state index in [0.717, 1.165) is 18.2 Å². The number of ether oxygens (including phenoxy) is 1. The Morgan fingerprint density at radius 2 is 2.00 bits per heavy atom. The molecule has 0 spiro atoms. The fourth-order valence-corrected chi connectivity index (χ4v) is 4.00. The topological polar surface area (TPSA) is 38.5 Å². The van der Waals surface area contributed by atoms with Gasteiger partial charge in [0.15, 0.2) is 11.6 Å². The summed E-state index contributed by atoms with van der Waals surface area (Å²) in [5, 5.41) is 0. The Bertz CT molecular complexity index is 504. The Labute approximate surface area is 126 Å². The first-order chi connectivity index (χ1) is 10.2. The van der Waals surface area contributed by atoms with Gasteiger partial charge in [-0.3, -0.25) is 0 Å². The Morgan fingerprint density at radius 3 is 2.81 bits per heavy atom. The summed E-state index contributed by atoms with van der Waals surface area (Å²) in [6.45, 7) is 3.35. The van der Waals surface area contributed by atoms with Crippen molar-refractivity contribution >= 4 is 11.4 Å². The van der Waals surface area contributed by atoms with Crippen LogP contribution < -0.4 is 15.4 Å². The van der Waals surface area contributed by atoms with Gasteiger partial charge in [0.05, 0.1) is 18.0 Å². The zero-order valence-electron chi connectivity index (χ0n) is 12.8. The fraction of sp³-hybridized carbons (Fsp3) is 0.647. The molecule has 1 aromatic rings. The van der Waals surface area contributed by atoms with Crippen LogP contribution in [0.4, 0.5) is 15.8 Å². The third-order valence-electron chi connectivity index (χ3n) is 4.93. The highest BCUT2D eigenvalue weighted by molar-refractivity contribution is 5.70. The summed E-state index contributed by atoms with van der Waals surface area (Å²) in [6, 6.07) is 3.77. The molecule has 116 valence electrons. The smallest absolute Gasteiger partial charge is 0.167 e. The second kappa shape index (κ2) is 6.12. The molecule has 1 saturated carbocycles. The van der Waals surface area contributed by atoms with Gasteiger partial charge in [-0.25, -0.2) is 4.39 Å². The Balaban J connectivity index is 1.92. The number of halogens is 1. The van der Waals surface area contributed by atoms with Crippen molar-refractivity contribution in [2.75, 3.05) is 23.8 Å². The first-order valence-corrected chi connectivity index (χ1v) is 8.19. The highest BCUT2D eigenvalue weighted by atomic mass is 19.1. The molecule has 0 radical (unpaired) electrons. The lowest BCUT2D eigenvalue weighted by Crippen LogP contribution is -2.47. The Hall–Kier alpha value is -1.45. The summed E-state index contributed by atoms with van der Waals surface area (Å²) < 4.78 is 19.3. The highest BCUT2D eigenvalue weighted by Gasteiger charge is 2.34. The van der Waals surface area contributed by atoms with Gasteiger partial charge in [-0.05, 0) is 38.5 Å². The van der Waals surface area contributed by atoms with Crippen LogP contribution in [0.5, 0.6) is 5.75 Å². The predicted molar refractivity (Wildman–Crippen MR) is 84.3 cm³/mol. The van der Waals surface area contributed by atoms with E-state index >= 15 is 0 Å². The van der Waals surface area contributed by atoms with Crippen LogP contribution in [0.1, 0.15) is 45.4 Å². The Kier molecular flexibility index (Phi) is 4.22. The van der Waals surface area contributed by atoms with Crippen LogP contribution in [0, 0.1) is 11.7 Å². The normalized spacial score (nSPS) is 25.5. The quantitative estimate of drug-likeness (QED) is 0.857.